The lowest BCUT2D eigenvalue weighted by molar-refractivity contribution is 1.22. The predicted octanol–water partition coefficient (Wildman–Crippen LogP) is 0.867. The molecule has 0 aromatic heterocycles. The van der Waals surface area contributed by atoms with E-state index in [9.17, 15) is 0 Å². The van der Waals surface area contributed by atoms with Gasteiger partial charge >= 0.3 is 0 Å². The highest BCUT2D eigenvalue weighted by Crippen LogP contribution is 1.96. The Balaban J connectivity index is 2.77. The van der Waals surface area contributed by atoms with Gasteiger partial charge in [-0.1, -0.05) is 18.2 Å². The van der Waals surface area contributed by atoms with Gasteiger partial charge in [-0.05, 0) is 0 Å². The Morgan fingerprint density at radius 2 is 2.18 bits per heavy atom. The van der Waals surface area contributed by atoms with Crippen molar-refractivity contribution in [2.75, 3.05) is 0 Å². The van der Waals surface area contributed by atoms with Gasteiger partial charge in [0.2, 0.25) is 0 Å². The number of hydrogen-bond acceptors (Lipinski definition) is 0. The number of allylic oxidation sites excluding steroid dienone is 2. The fraction of sp³-hybridized carbons (Fsp3) is 0.0909. The molecule has 0 spiro atoms. The second-order valence-corrected chi connectivity index (χ2v) is 2.76. The van der Waals surface area contributed by atoms with Crippen molar-refractivity contribution in [3.8, 4) is 0 Å². The lowest BCUT2D eigenvalue weighted by Crippen LogP contribution is -2.14. The SMILES string of the molecule is [CH+]=c1ccc2c(c1)CC=CC=2. The number of fused-ring (bicyclic) bond motifs is 1. The minimum Gasteiger partial charge on any atom is -0.0789 e. The lowest BCUT2D eigenvalue weighted by Gasteiger charge is -1.96. The van der Waals surface area contributed by atoms with Gasteiger partial charge in [0, 0.05) is 29.8 Å². The van der Waals surface area contributed by atoms with Gasteiger partial charge < -0.3 is 0 Å². The van der Waals surface area contributed by atoms with Gasteiger partial charge in [-0.2, -0.15) is 0 Å². The largest absolute Gasteiger partial charge is 0.180 e. The van der Waals surface area contributed by atoms with Crippen molar-refractivity contribution in [3.63, 3.8) is 0 Å². The molecular formula is C11H9+. The minimum atomic E-state index is 0.854. The van der Waals surface area contributed by atoms with E-state index < -0.39 is 0 Å². The van der Waals surface area contributed by atoms with E-state index in [1.165, 1.54) is 10.8 Å². The van der Waals surface area contributed by atoms with Crippen molar-refractivity contribution in [3.05, 3.63) is 46.4 Å². The third-order valence-corrected chi connectivity index (χ3v) is 1.92. The van der Waals surface area contributed by atoms with Crippen molar-refractivity contribution in [2.45, 2.75) is 6.42 Å². The van der Waals surface area contributed by atoms with Gasteiger partial charge in [-0.15, -0.1) is 0 Å². The topological polar surface area (TPSA) is 0 Å². The summed E-state index contributed by atoms with van der Waals surface area (Å²) in [6.07, 6.45) is 7.34. The first kappa shape index (κ1) is 6.33. The van der Waals surface area contributed by atoms with Crippen LogP contribution in [0.1, 0.15) is 5.56 Å². The zero-order valence-electron chi connectivity index (χ0n) is 6.25. The summed E-state index contributed by atoms with van der Waals surface area (Å²) < 4.78 is 0. The zero-order chi connectivity index (χ0) is 7.68. The molecule has 1 aromatic carbocycles. The lowest BCUT2D eigenvalue weighted by atomic mass is 10.0. The monoisotopic (exact) mass is 141 g/mol. The van der Waals surface area contributed by atoms with Crippen molar-refractivity contribution >= 4 is 12.7 Å². The van der Waals surface area contributed by atoms with Crippen molar-refractivity contribution in [1.29, 1.82) is 0 Å². The van der Waals surface area contributed by atoms with E-state index >= 15 is 0 Å². The molecule has 11 heavy (non-hydrogen) atoms. The van der Waals surface area contributed by atoms with E-state index in [-0.39, 0.29) is 0 Å². The molecule has 0 fully saturated rings. The number of rotatable bonds is 0. The summed E-state index contributed by atoms with van der Waals surface area (Å²) >= 11 is 0. The number of hydrogen-bond donors (Lipinski definition) is 0. The van der Waals surface area contributed by atoms with Crippen LogP contribution < -0.4 is 10.4 Å². The third kappa shape index (κ3) is 1.09. The molecular weight excluding hydrogens is 132 g/mol. The van der Waals surface area contributed by atoms with E-state index in [1.807, 2.05) is 12.1 Å². The van der Waals surface area contributed by atoms with Crippen LogP contribution in [0.4, 0.5) is 0 Å². The van der Waals surface area contributed by atoms with Crippen LogP contribution in [0.15, 0.2) is 30.4 Å². The molecule has 0 aliphatic heterocycles. The summed E-state index contributed by atoms with van der Waals surface area (Å²) in [5, 5.41) is 2.15. The molecule has 0 saturated carbocycles. The van der Waals surface area contributed by atoms with Crippen LogP contribution in [-0.4, -0.2) is 0 Å². The first-order valence-electron chi connectivity index (χ1n) is 3.74. The third-order valence-electron chi connectivity index (χ3n) is 1.92. The maximum atomic E-state index is 5.64. The Labute approximate surface area is 66.2 Å². The molecule has 0 nitrogen and oxygen atoms in total. The Kier molecular flexibility index (Phi) is 1.34. The van der Waals surface area contributed by atoms with Gasteiger partial charge in [0.05, 0.1) is 12.1 Å². The molecule has 1 aliphatic carbocycles. The fourth-order valence-electron chi connectivity index (χ4n) is 1.33. The van der Waals surface area contributed by atoms with Crippen LogP contribution in [0.3, 0.4) is 0 Å². The first-order valence-corrected chi connectivity index (χ1v) is 3.74. The van der Waals surface area contributed by atoms with Crippen LogP contribution >= 0.6 is 0 Å². The highest BCUT2D eigenvalue weighted by molar-refractivity contribution is 5.44. The Morgan fingerprint density at radius 3 is 3.09 bits per heavy atom. The maximum absolute atomic E-state index is 5.64. The van der Waals surface area contributed by atoms with Gasteiger partial charge in [0.1, 0.15) is 0 Å². The second kappa shape index (κ2) is 2.34. The molecule has 2 rings (SSSR count). The smallest absolute Gasteiger partial charge is 0.0789 e. The minimum absolute atomic E-state index is 0.854. The fourth-order valence-corrected chi connectivity index (χ4v) is 1.33. The molecule has 0 heteroatoms. The normalized spacial score (nSPS) is 13.7. The number of benzene rings is 1. The van der Waals surface area contributed by atoms with Crippen LogP contribution in [0.5, 0.6) is 0 Å². The van der Waals surface area contributed by atoms with Crippen LogP contribution in [0.25, 0.3) is 12.7 Å². The molecule has 52 valence electrons. The Morgan fingerprint density at radius 1 is 1.27 bits per heavy atom. The highest BCUT2D eigenvalue weighted by atomic mass is 14.0. The van der Waals surface area contributed by atoms with Crippen LogP contribution in [0.2, 0.25) is 0 Å². The summed E-state index contributed by atoms with van der Waals surface area (Å²) in [5.41, 5.74) is 1.33. The molecule has 0 atom stereocenters. The molecule has 1 aliphatic rings. The molecule has 0 bridgehead atoms. The zero-order valence-corrected chi connectivity index (χ0v) is 6.25. The van der Waals surface area contributed by atoms with Gasteiger partial charge in [0.15, 0.2) is 5.22 Å². The van der Waals surface area contributed by atoms with Crippen molar-refractivity contribution in [2.24, 2.45) is 0 Å². The predicted molar refractivity (Wildman–Crippen MR) is 47.5 cm³/mol. The van der Waals surface area contributed by atoms with Crippen LogP contribution in [-0.2, 0) is 6.42 Å². The summed E-state index contributed by atoms with van der Waals surface area (Å²) in [6.45, 7) is 5.64. The van der Waals surface area contributed by atoms with Gasteiger partial charge in [-0.3, -0.25) is 0 Å². The standard InChI is InChI=1S/C11H9/c1-9-6-7-10-4-2-3-5-11(10)8-9/h1-4,6-8H,5H2/q+1. The summed E-state index contributed by atoms with van der Waals surface area (Å²) in [4.78, 5) is 0. The molecule has 1 aromatic rings. The molecule has 0 heterocycles. The molecule has 0 N–H and O–H groups in total. The van der Waals surface area contributed by atoms with E-state index in [2.05, 4.69) is 24.3 Å². The van der Waals surface area contributed by atoms with Gasteiger partial charge in [-0.25, -0.2) is 0 Å². The van der Waals surface area contributed by atoms with E-state index in [1.54, 1.807) is 0 Å². The summed E-state index contributed by atoms with van der Waals surface area (Å²) in [7, 11) is 0. The van der Waals surface area contributed by atoms with E-state index in [4.69, 9.17) is 6.58 Å². The average molecular weight is 141 g/mol. The Bertz CT molecular complexity index is 397. The molecule has 0 radical (unpaired) electrons. The van der Waals surface area contributed by atoms with E-state index in [0.29, 0.717) is 0 Å². The highest BCUT2D eigenvalue weighted by Gasteiger charge is 1.99. The van der Waals surface area contributed by atoms with Crippen molar-refractivity contribution in [1.82, 2.24) is 0 Å². The molecule has 0 saturated heterocycles. The van der Waals surface area contributed by atoms with Crippen molar-refractivity contribution < 1.29 is 0 Å². The second-order valence-electron chi connectivity index (χ2n) is 2.76. The molecule has 0 unspecified atom stereocenters. The quantitative estimate of drug-likeness (QED) is 0.470. The summed E-state index contributed by atoms with van der Waals surface area (Å²) in [5.74, 6) is 0. The van der Waals surface area contributed by atoms with E-state index in [0.717, 1.165) is 11.6 Å². The first-order chi connectivity index (χ1) is 5.36. The van der Waals surface area contributed by atoms with Crippen LogP contribution in [0, 0.1) is 0 Å². The molecule has 0 amide bonds. The summed E-state index contributed by atoms with van der Waals surface area (Å²) in [6, 6.07) is 6.04. The average Bonchev–Trinajstić information content (AvgIpc) is 2.04. The maximum Gasteiger partial charge on any atom is 0.180 e. The van der Waals surface area contributed by atoms with Gasteiger partial charge in [0.25, 0.3) is 0 Å². The Hall–Kier alpha value is -1.39.